The number of rotatable bonds is 6. The predicted molar refractivity (Wildman–Crippen MR) is 134 cm³/mol. The Morgan fingerprint density at radius 3 is 2.32 bits per heavy atom. The molecular formula is C27H27N5O2. The molecule has 2 heterocycles. The number of benzene rings is 2. The molecule has 0 spiro atoms. The molecular weight excluding hydrogens is 426 g/mol. The van der Waals surface area contributed by atoms with Gasteiger partial charge in [-0.1, -0.05) is 24.3 Å². The topological polar surface area (TPSA) is 88.9 Å². The molecule has 172 valence electrons. The number of amides is 2. The fraction of sp³-hybridized carbons (Fsp3) is 0.259. The van der Waals surface area contributed by atoms with Crippen molar-refractivity contribution in [2.75, 3.05) is 10.6 Å². The Balaban J connectivity index is 1.47. The number of fused-ring (bicyclic) bond motifs is 1. The number of anilines is 2. The van der Waals surface area contributed by atoms with Crippen molar-refractivity contribution in [2.45, 2.75) is 39.7 Å². The molecule has 7 nitrogen and oxygen atoms in total. The third-order valence-corrected chi connectivity index (χ3v) is 6.08. The zero-order valence-corrected chi connectivity index (χ0v) is 19.5. The zero-order chi connectivity index (χ0) is 23.8. The summed E-state index contributed by atoms with van der Waals surface area (Å²) in [4.78, 5) is 30.2. The van der Waals surface area contributed by atoms with E-state index in [0.717, 1.165) is 35.3 Å². The van der Waals surface area contributed by atoms with Crippen LogP contribution in [0.15, 0.2) is 60.8 Å². The Labute approximate surface area is 198 Å². The Kier molecular flexibility index (Phi) is 5.61. The molecule has 0 saturated heterocycles. The largest absolute Gasteiger partial charge is 0.326 e. The van der Waals surface area contributed by atoms with Gasteiger partial charge in [-0.2, -0.15) is 5.10 Å². The number of hydrogen-bond acceptors (Lipinski definition) is 4. The minimum atomic E-state index is -0.236. The average molecular weight is 454 g/mol. The number of carbonyl (C=O) groups excluding carboxylic acids is 2. The third kappa shape index (κ3) is 4.29. The summed E-state index contributed by atoms with van der Waals surface area (Å²) in [5.41, 5.74) is 5.36. The smallest absolute Gasteiger partial charge is 0.256 e. The molecule has 4 aromatic rings. The summed E-state index contributed by atoms with van der Waals surface area (Å²) in [7, 11) is 0. The lowest BCUT2D eigenvalue weighted by molar-refractivity contribution is -0.117. The molecule has 1 fully saturated rings. The van der Waals surface area contributed by atoms with Crippen LogP contribution in [0.3, 0.4) is 0 Å². The molecule has 7 heteroatoms. The molecule has 0 atom stereocenters. The van der Waals surface area contributed by atoms with Crippen LogP contribution in [0, 0.1) is 12.8 Å². The van der Waals surface area contributed by atoms with Crippen LogP contribution in [-0.2, 0) is 4.79 Å². The van der Waals surface area contributed by atoms with Crippen molar-refractivity contribution in [2.24, 2.45) is 5.92 Å². The van der Waals surface area contributed by atoms with Crippen LogP contribution in [0.4, 0.5) is 11.4 Å². The number of hydrogen-bond donors (Lipinski definition) is 2. The minimum absolute atomic E-state index is 0.0573. The first-order valence-corrected chi connectivity index (χ1v) is 11.6. The molecule has 2 N–H and O–H groups in total. The first-order valence-electron chi connectivity index (χ1n) is 11.6. The standard InChI is InChI=1S/C27H27N5O2/c1-16(2)32-25-23(15-28-32)22(14-24(31-25)21-7-5-4-6-17(21)3)27(34)30-20-12-10-19(11-13-20)29-26(33)18-8-9-18/h4-7,10-16,18H,8-9H2,1-3H3,(H,29,33)(H,30,34). The van der Waals surface area contributed by atoms with Gasteiger partial charge in [-0.15, -0.1) is 0 Å². The zero-order valence-electron chi connectivity index (χ0n) is 19.5. The summed E-state index contributed by atoms with van der Waals surface area (Å²) in [5.74, 6) is -0.0372. The van der Waals surface area contributed by atoms with Crippen molar-refractivity contribution in [3.8, 4) is 11.3 Å². The molecule has 2 aromatic carbocycles. The number of nitrogens with one attached hydrogen (secondary N) is 2. The van der Waals surface area contributed by atoms with Crippen molar-refractivity contribution in [3.63, 3.8) is 0 Å². The number of aryl methyl sites for hydroxylation is 1. The van der Waals surface area contributed by atoms with E-state index < -0.39 is 0 Å². The second kappa shape index (κ2) is 8.74. The van der Waals surface area contributed by atoms with E-state index in [1.54, 1.807) is 30.5 Å². The van der Waals surface area contributed by atoms with Crippen molar-refractivity contribution < 1.29 is 9.59 Å². The highest BCUT2D eigenvalue weighted by Gasteiger charge is 2.29. The van der Waals surface area contributed by atoms with Crippen molar-refractivity contribution in [1.82, 2.24) is 14.8 Å². The molecule has 0 bridgehead atoms. The second-order valence-corrected chi connectivity index (χ2v) is 9.09. The summed E-state index contributed by atoms with van der Waals surface area (Å²) < 4.78 is 1.84. The molecule has 1 aliphatic carbocycles. The van der Waals surface area contributed by atoms with Gasteiger partial charge in [0.1, 0.15) is 0 Å². The monoisotopic (exact) mass is 453 g/mol. The van der Waals surface area contributed by atoms with Crippen LogP contribution in [0.1, 0.15) is 48.7 Å². The fourth-order valence-electron chi connectivity index (χ4n) is 4.01. The van der Waals surface area contributed by atoms with Gasteiger partial charge in [-0.05, 0) is 69.5 Å². The maximum Gasteiger partial charge on any atom is 0.256 e. The van der Waals surface area contributed by atoms with E-state index in [1.807, 2.05) is 55.8 Å². The number of nitrogens with zero attached hydrogens (tertiary/aromatic N) is 3. The van der Waals surface area contributed by atoms with Gasteiger partial charge in [0.2, 0.25) is 5.91 Å². The Hall–Kier alpha value is -4.00. The molecule has 0 aliphatic heterocycles. The lowest BCUT2D eigenvalue weighted by atomic mass is 10.0. The normalized spacial score (nSPS) is 13.3. The van der Waals surface area contributed by atoms with Crippen LogP contribution >= 0.6 is 0 Å². The molecule has 1 saturated carbocycles. The highest BCUT2D eigenvalue weighted by molar-refractivity contribution is 6.12. The van der Waals surface area contributed by atoms with Gasteiger partial charge >= 0.3 is 0 Å². The van der Waals surface area contributed by atoms with Crippen molar-refractivity contribution in [3.05, 3.63) is 71.9 Å². The van der Waals surface area contributed by atoms with Gasteiger partial charge in [-0.25, -0.2) is 9.67 Å². The van der Waals surface area contributed by atoms with Crippen LogP contribution < -0.4 is 10.6 Å². The maximum absolute atomic E-state index is 13.4. The van der Waals surface area contributed by atoms with Gasteiger partial charge in [0, 0.05) is 28.9 Å². The van der Waals surface area contributed by atoms with E-state index in [0.29, 0.717) is 22.3 Å². The van der Waals surface area contributed by atoms with Crippen molar-refractivity contribution in [1.29, 1.82) is 0 Å². The third-order valence-electron chi connectivity index (χ3n) is 6.08. The Morgan fingerprint density at radius 1 is 1.00 bits per heavy atom. The fourth-order valence-corrected chi connectivity index (χ4v) is 4.01. The lowest BCUT2D eigenvalue weighted by Crippen LogP contribution is -2.14. The predicted octanol–water partition coefficient (Wildman–Crippen LogP) is 5.59. The summed E-state index contributed by atoms with van der Waals surface area (Å²) in [5, 5.41) is 11.1. The van der Waals surface area contributed by atoms with E-state index in [-0.39, 0.29) is 23.8 Å². The van der Waals surface area contributed by atoms with E-state index in [4.69, 9.17) is 4.98 Å². The van der Waals surface area contributed by atoms with E-state index in [9.17, 15) is 9.59 Å². The second-order valence-electron chi connectivity index (χ2n) is 9.09. The summed E-state index contributed by atoms with van der Waals surface area (Å²) in [6, 6.07) is 17.1. The number of pyridine rings is 1. The molecule has 1 aliphatic rings. The molecule has 0 radical (unpaired) electrons. The minimum Gasteiger partial charge on any atom is -0.326 e. The van der Waals surface area contributed by atoms with Crippen LogP contribution in [0.2, 0.25) is 0 Å². The van der Waals surface area contributed by atoms with Gasteiger partial charge in [0.25, 0.3) is 5.91 Å². The molecule has 2 amide bonds. The average Bonchev–Trinajstić information content (AvgIpc) is 3.59. The SMILES string of the molecule is Cc1ccccc1-c1cc(C(=O)Nc2ccc(NC(=O)C3CC3)cc2)c2cnn(C(C)C)c2n1. The Bertz CT molecular complexity index is 1380. The van der Waals surface area contributed by atoms with E-state index in [2.05, 4.69) is 15.7 Å². The van der Waals surface area contributed by atoms with Crippen LogP contribution in [0.5, 0.6) is 0 Å². The summed E-state index contributed by atoms with van der Waals surface area (Å²) >= 11 is 0. The number of carbonyl (C=O) groups is 2. The van der Waals surface area contributed by atoms with E-state index >= 15 is 0 Å². The molecule has 5 rings (SSSR count). The first-order chi connectivity index (χ1) is 16.4. The van der Waals surface area contributed by atoms with Gasteiger partial charge in [-0.3, -0.25) is 9.59 Å². The first kappa shape index (κ1) is 21.8. The maximum atomic E-state index is 13.4. The van der Waals surface area contributed by atoms with Gasteiger partial charge in [0.15, 0.2) is 5.65 Å². The highest BCUT2D eigenvalue weighted by Crippen LogP contribution is 2.31. The van der Waals surface area contributed by atoms with Gasteiger partial charge < -0.3 is 10.6 Å². The van der Waals surface area contributed by atoms with E-state index in [1.165, 1.54) is 0 Å². The summed E-state index contributed by atoms with van der Waals surface area (Å²) in [6.45, 7) is 6.11. The summed E-state index contributed by atoms with van der Waals surface area (Å²) in [6.07, 6.45) is 3.62. The quantitative estimate of drug-likeness (QED) is 0.398. The van der Waals surface area contributed by atoms with Gasteiger partial charge in [0.05, 0.1) is 22.8 Å². The number of aromatic nitrogens is 3. The molecule has 2 aromatic heterocycles. The van der Waals surface area contributed by atoms with Crippen molar-refractivity contribution >= 4 is 34.2 Å². The molecule has 34 heavy (non-hydrogen) atoms. The Morgan fingerprint density at radius 2 is 1.68 bits per heavy atom. The van der Waals surface area contributed by atoms with Crippen LogP contribution in [-0.4, -0.2) is 26.6 Å². The highest BCUT2D eigenvalue weighted by atomic mass is 16.2. The molecule has 0 unspecified atom stereocenters. The lowest BCUT2D eigenvalue weighted by Gasteiger charge is -2.12. The van der Waals surface area contributed by atoms with Crippen LogP contribution in [0.25, 0.3) is 22.3 Å².